The molecule has 1 aliphatic heterocycles. The van der Waals surface area contributed by atoms with E-state index in [1.165, 1.54) is 6.92 Å². The molecule has 1 heterocycles. The Morgan fingerprint density at radius 1 is 1.25 bits per heavy atom. The van der Waals surface area contributed by atoms with Crippen LogP contribution in [0.5, 0.6) is 0 Å². The van der Waals surface area contributed by atoms with Crippen LogP contribution < -0.4 is 16.8 Å². The Balaban J connectivity index is 1.93. The number of carbonyl (C=O) groups is 2. The summed E-state index contributed by atoms with van der Waals surface area (Å²) < 4.78 is 5.09. The van der Waals surface area contributed by atoms with Gasteiger partial charge >= 0.3 is 5.97 Å². The molecule has 8 nitrogen and oxygen atoms in total. The minimum atomic E-state index is -0.788. The number of piperazine rings is 1. The smallest absolute Gasteiger partial charge is 0.344 e. The number of amidine groups is 1. The molecule has 1 aromatic carbocycles. The summed E-state index contributed by atoms with van der Waals surface area (Å²) in [7, 11) is 0. The summed E-state index contributed by atoms with van der Waals surface area (Å²) in [6.07, 6.45) is 0. The van der Waals surface area contributed by atoms with Gasteiger partial charge in [0.05, 0.1) is 11.6 Å². The molecule has 0 saturated carbocycles. The van der Waals surface area contributed by atoms with Gasteiger partial charge in [-0.2, -0.15) is 0 Å². The summed E-state index contributed by atoms with van der Waals surface area (Å²) in [6.45, 7) is 6.02. The number of ketones is 1. The summed E-state index contributed by atoms with van der Waals surface area (Å²) in [4.78, 5) is 31.1. The van der Waals surface area contributed by atoms with Crippen LogP contribution in [0.2, 0.25) is 5.02 Å². The van der Waals surface area contributed by atoms with Gasteiger partial charge in [0.25, 0.3) is 0 Å². The van der Waals surface area contributed by atoms with E-state index in [1.54, 1.807) is 24.3 Å². The molecule has 0 spiro atoms. The minimum absolute atomic E-state index is 0.00493. The first-order valence-electron chi connectivity index (χ1n) is 9.04. The quantitative estimate of drug-likeness (QED) is 0.189. The number of Topliss-reactive ketones (excluding diaryl/α,β-unsaturated/α-hetero) is 1. The van der Waals surface area contributed by atoms with E-state index < -0.39 is 18.4 Å². The van der Waals surface area contributed by atoms with Crippen molar-refractivity contribution in [3.8, 4) is 0 Å². The molecule has 0 bridgehead atoms. The Kier molecular flexibility index (Phi) is 8.43. The second-order valence-electron chi connectivity index (χ2n) is 6.40. The highest BCUT2D eigenvalue weighted by molar-refractivity contribution is 6.34. The van der Waals surface area contributed by atoms with E-state index in [0.29, 0.717) is 11.6 Å². The molecule has 1 fully saturated rings. The van der Waals surface area contributed by atoms with Crippen LogP contribution in [0.15, 0.2) is 40.5 Å². The van der Waals surface area contributed by atoms with E-state index >= 15 is 0 Å². The van der Waals surface area contributed by atoms with Crippen molar-refractivity contribution in [1.29, 1.82) is 0 Å². The fourth-order valence-electron chi connectivity index (χ4n) is 2.76. The molecule has 1 saturated heterocycles. The van der Waals surface area contributed by atoms with Crippen molar-refractivity contribution in [3.63, 3.8) is 0 Å². The zero-order chi connectivity index (χ0) is 20.5. The fraction of sp³-hybridized carbons (Fsp3) is 0.421. The van der Waals surface area contributed by atoms with Crippen LogP contribution in [-0.4, -0.2) is 68.4 Å². The maximum Gasteiger partial charge on any atom is 0.344 e. The predicted molar refractivity (Wildman–Crippen MR) is 109 cm³/mol. The molecule has 5 N–H and O–H groups in total. The number of allylic oxidation sites excluding steroid dienone is 1. The Labute approximate surface area is 169 Å². The Morgan fingerprint density at radius 3 is 2.57 bits per heavy atom. The van der Waals surface area contributed by atoms with E-state index in [4.69, 9.17) is 27.8 Å². The number of hydrogen-bond donors (Lipinski definition) is 3. The normalized spacial score (nSPS) is 16.4. The number of ether oxygens (including phenoxy) is 1. The number of hydrogen-bond acceptors (Lipinski definition) is 7. The van der Waals surface area contributed by atoms with Gasteiger partial charge in [0.2, 0.25) is 5.78 Å². The van der Waals surface area contributed by atoms with Crippen LogP contribution in [0.3, 0.4) is 0 Å². The van der Waals surface area contributed by atoms with Crippen LogP contribution in [0, 0.1) is 0 Å². The monoisotopic (exact) mass is 407 g/mol. The maximum absolute atomic E-state index is 12.4. The van der Waals surface area contributed by atoms with Crippen LogP contribution in [-0.2, 0) is 9.53 Å². The molecule has 1 aliphatic rings. The number of esters is 1. The van der Waals surface area contributed by atoms with Crippen LogP contribution in [0.4, 0.5) is 0 Å². The topological polar surface area (TPSA) is 123 Å². The lowest BCUT2D eigenvalue weighted by atomic mass is 10.1. The minimum Gasteiger partial charge on any atom is -0.454 e. The van der Waals surface area contributed by atoms with Gasteiger partial charge < -0.3 is 21.5 Å². The number of rotatable bonds is 8. The average Bonchev–Trinajstić information content (AvgIpc) is 2.67. The second-order valence-corrected chi connectivity index (χ2v) is 6.80. The lowest BCUT2D eigenvalue weighted by molar-refractivity contribution is -0.137. The third kappa shape index (κ3) is 6.33. The van der Waals surface area contributed by atoms with Crippen LogP contribution in [0.1, 0.15) is 17.3 Å². The highest BCUT2D eigenvalue weighted by Crippen LogP contribution is 2.15. The van der Waals surface area contributed by atoms with Crippen molar-refractivity contribution in [2.45, 2.75) is 6.92 Å². The molecule has 9 heteroatoms. The van der Waals surface area contributed by atoms with E-state index in [0.717, 1.165) is 32.7 Å². The molecule has 0 atom stereocenters. The first kappa shape index (κ1) is 21.9. The van der Waals surface area contributed by atoms with Gasteiger partial charge in [-0.05, 0) is 19.1 Å². The molecule has 0 aromatic heterocycles. The molecule has 0 aliphatic carbocycles. The summed E-state index contributed by atoms with van der Waals surface area (Å²) in [5, 5.41) is 3.57. The molecular weight excluding hydrogens is 382 g/mol. The molecule has 152 valence electrons. The van der Waals surface area contributed by atoms with Crippen LogP contribution in [0.25, 0.3) is 0 Å². The molecule has 0 amide bonds. The SMILES string of the molecule is C/C(N)=C(\C(=O)OCC(=O)c1ccccc1Cl)C(N)=NCCN1CCNCC1. The van der Waals surface area contributed by atoms with Gasteiger partial charge in [-0.1, -0.05) is 23.7 Å². The van der Waals surface area contributed by atoms with Gasteiger partial charge in [-0.3, -0.25) is 14.7 Å². The van der Waals surface area contributed by atoms with Crippen molar-refractivity contribution in [2.75, 3.05) is 45.9 Å². The van der Waals surface area contributed by atoms with Crippen molar-refractivity contribution < 1.29 is 14.3 Å². The summed E-state index contributed by atoms with van der Waals surface area (Å²) in [5.41, 5.74) is 12.2. The molecule has 2 rings (SSSR count). The average molecular weight is 408 g/mol. The van der Waals surface area contributed by atoms with Gasteiger partial charge in [-0.25, -0.2) is 4.79 Å². The molecule has 28 heavy (non-hydrogen) atoms. The highest BCUT2D eigenvalue weighted by atomic mass is 35.5. The zero-order valence-corrected chi connectivity index (χ0v) is 16.7. The lowest BCUT2D eigenvalue weighted by Crippen LogP contribution is -2.44. The Morgan fingerprint density at radius 2 is 1.93 bits per heavy atom. The standard InChI is InChI=1S/C19H26ClN5O3/c1-13(21)17(18(22)24-8-11-25-9-6-23-7-10-25)19(27)28-12-16(26)14-4-2-3-5-15(14)20/h2-5,23H,6-12,21H2,1H3,(H2,22,24)/b17-13+. The Hall–Kier alpha value is -2.42. The lowest BCUT2D eigenvalue weighted by Gasteiger charge is -2.26. The molecule has 1 aromatic rings. The fourth-order valence-corrected chi connectivity index (χ4v) is 3.00. The van der Waals surface area contributed by atoms with Crippen molar-refractivity contribution in [2.24, 2.45) is 16.5 Å². The van der Waals surface area contributed by atoms with Gasteiger partial charge in [0, 0.05) is 44.0 Å². The van der Waals surface area contributed by atoms with Gasteiger partial charge in [0.15, 0.2) is 6.61 Å². The van der Waals surface area contributed by atoms with E-state index in [2.05, 4.69) is 15.2 Å². The summed E-state index contributed by atoms with van der Waals surface area (Å²) in [5.74, 6) is -1.20. The van der Waals surface area contributed by atoms with Crippen molar-refractivity contribution in [1.82, 2.24) is 10.2 Å². The Bertz CT molecular complexity index is 769. The predicted octanol–water partition coefficient (Wildman–Crippen LogP) is 0.561. The van der Waals surface area contributed by atoms with E-state index in [1.807, 2.05) is 0 Å². The maximum atomic E-state index is 12.4. The van der Waals surface area contributed by atoms with E-state index in [-0.39, 0.29) is 22.7 Å². The first-order valence-corrected chi connectivity index (χ1v) is 9.42. The number of carbonyl (C=O) groups excluding carboxylic acids is 2. The van der Waals surface area contributed by atoms with E-state index in [9.17, 15) is 9.59 Å². The second kappa shape index (κ2) is 10.8. The van der Waals surface area contributed by atoms with Crippen molar-refractivity contribution >= 4 is 29.2 Å². The number of aliphatic imine (C=N–C) groups is 1. The summed E-state index contributed by atoms with van der Waals surface area (Å²) >= 11 is 5.98. The summed E-state index contributed by atoms with van der Waals surface area (Å²) in [6, 6.07) is 6.55. The number of nitrogens with two attached hydrogens (primary N) is 2. The number of nitrogens with zero attached hydrogens (tertiary/aromatic N) is 2. The zero-order valence-electron chi connectivity index (χ0n) is 15.9. The number of nitrogens with one attached hydrogen (secondary N) is 1. The van der Waals surface area contributed by atoms with Crippen LogP contribution >= 0.6 is 11.6 Å². The molecular formula is C19H26ClN5O3. The largest absolute Gasteiger partial charge is 0.454 e. The number of benzene rings is 1. The molecule has 0 unspecified atom stereocenters. The van der Waals surface area contributed by atoms with Crippen molar-refractivity contribution in [3.05, 3.63) is 46.1 Å². The first-order chi connectivity index (χ1) is 13.4. The highest BCUT2D eigenvalue weighted by Gasteiger charge is 2.20. The molecule has 0 radical (unpaired) electrons. The third-order valence-electron chi connectivity index (χ3n) is 4.27. The van der Waals surface area contributed by atoms with Gasteiger partial charge in [-0.15, -0.1) is 0 Å². The number of halogens is 1. The van der Waals surface area contributed by atoms with Gasteiger partial charge in [0.1, 0.15) is 11.4 Å². The third-order valence-corrected chi connectivity index (χ3v) is 4.60.